The number of aromatic nitrogens is 3. The van der Waals surface area contributed by atoms with E-state index in [4.69, 9.17) is 0 Å². The number of nitrogens with zero attached hydrogens (tertiary/aromatic N) is 3. The number of fused-ring (bicyclic) bond motifs is 1. The second-order valence-corrected chi connectivity index (χ2v) is 5.12. The number of hydrogen-bond donors (Lipinski definition) is 0. The summed E-state index contributed by atoms with van der Waals surface area (Å²) in [6.45, 7) is 8.48. The van der Waals surface area contributed by atoms with Crippen LogP contribution in [-0.4, -0.2) is 14.6 Å². The molecule has 0 aliphatic heterocycles. The fraction of sp³-hybridized carbons (Fsp3) is 0.250. The van der Waals surface area contributed by atoms with Gasteiger partial charge in [0.05, 0.1) is 11.3 Å². The van der Waals surface area contributed by atoms with Gasteiger partial charge in [-0.2, -0.15) is 5.10 Å². The molecule has 3 aromatic rings. The fourth-order valence-corrected chi connectivity index (χ4v) is 2.86. The summed E-state index contributed by atoms with van der Waals surface area (Å²) in [6, 6.07) is 6.33. The lowest BCUT2D eigenvalue weighted by Crippen LogP contribution is -1.92. The Morgan fingerprint density at radius 3 is 2.32 bits per heavy atom. The van der Waals surface area contributed by atoms with Crippen molar-refractivity contribution in [1.29, 1.82) is 0 Å². The van der Waals surface area contributed by atoms with Crippen molar-refractivity contribution in [2.45, 2.75) is 27.7 Å². The van der Waals surface area contributed by atoms with Gasteiger partial charge in [0.15, 0.2) is 5.65 Å². The molecule has 0 bridgehead atoms. The van der Waals surface area contributed by atoms with Gasteiger partial charge >= 0.3 is 0 Å². The lowest BCUT2D eigenvalue weighted by atomic mass is 9.94. The first kappa shape index (κ1) is 11.9. The molecule has 19 heavy (non-hydrogen) atoms. The normalized spacial score (nSPS) is 11.2. The molecule has 3 heteroatoms. The Balaban J connectivity index is 2.40. The van der Waals surface area contributed by atoms with E-state index in [9.17, 15) is 0 Å². The molecule has 3 rings (SSSR count). The van der Waals surface area contributed by atoms with Crippen molar-refractivity contribution in [3.8, 4) is 11.1 Å². The molecule has 0 saturated carbocycles. The summed E-state index contributed by atoms with van der Waals surface area (Å²) >= 11 is 0. The van der Waals surface area contributed by atoms with Gasteiger partial charge in [-0.15, -0.1) is 0 Å². The average Bonchev–Trinajstić information content (AvgIpc) is 2.65. The van der Waals surface area contributed by atoms with E-state index in [0.29, 0.717) is 0 Å². The lowest BCUT2D eigenvalue weighted by molar-refractivity contribution is 0.917. The van der Waals surface area contributed by atoms with Crippen LogP contribution in [0.4, 0.5) is 0 Å². The molecule has 0 saturated heterocycles. The minimum absolute atomic E-state index is 0.926. The monoisotopic (exact) mass is 251 g/mol. The molecule has 0 aliphatic rings. The van der Waals surface area contributed by atoms with E-state index in [1.54, 1.807) is 0 Å². The van der Waals surface area contributed by atoms with Crippen LogP contribution in [0.1, 0.15) is 22.4 Å². The number of benzene rings is 1. The van der Waals surface area contributed by atoms with E-state index in [2.05, 4.69) is 43.0 Å². The Morgan fingerprint density at radius 2 is 1.63 bits per heavy atom. The summed E-state index contributed by atoms with van der Waals surface area (Å²) < 4.78 is 1.85. The van der Waals surface area contributed by atoms with E-state index >= 15 is 0 Å². The highest BCUT2D eigenvalue weighted by molar-refractivity contribution is 5.83. The maximum absolute atomic E-state index is 4.55. The molecule has 0 aliphatic carbocycles. The molecule has 1 aromatic carbocycles. The molecular weight excluding hydrogens is 234 g/mol. The van der Waals surface area contributed by atoms with E-state index in [0.717, 1.165) is 16.9 Å². The molecule has 0 amide bonds. The Labute approximate surface area is 112 Å². The van der Waals surface area contributed by atoms with Crippen molar-refractivity contribution in [3.05, 3.63) is 53.0 Å². The number of hydrogen-bond acceptors (Lipinski definition) is 2. The summed E-state index contributed by atoms with van der Waals surface area (Å²) in [5.41, 5.74) is 8.21. The van der Waals surface area contributed by atoms with Gasteiger partial charge in [0.25, 0.3) is 0 Å². The molecule has 0 N–H and O–H groups in total. The minimum atomic E-state index is 0.926. The summed E-state index contributed by atoms with van der Waals surface area (Å²) in [4.78, 5) is 4.48. The maximum Gasteiger partial charge on any atom is 0.163 e. The van der Waals surface area contributed by atoms with E-state index in [-0.39, 0.29) is 0 Å². The number of rotatable bonds is 1. The standard InChI is InChI=1S/C16H17N3/c1-10-8-11(2)14(12(3)9-10)15-13(4)18-19-7-5-6-17-16(15)19/h5-9H,1-4H3. The van der Waals surface area contributed by atoms with Crippen molar-refractivity contribution in [2.24, 2.45) is 0 Å². The van der Waals surface area contributed by atoms with Crippen molar-refractivity contribution in [1.82, 2.24) is 14.6 Å². The molecule has 96 valence electrons. The highest BCUT2D eigenvalue weighted by Gasteiger charge is 2.16. The van der Waals surface area contributed by atoms with Crippen molar-refractivity contribution >= 4 is 5.65 Å². The molecule has 0 fully saturated rings. The van der Waals surface area contributed by atoms with Crippen LogP contribution in [0.2, 0.25) is 0 Å². The third-order valence-electron chi connectivity index (χ3n) is 3.50. The van der Waals surface area contributed by atoms with Gasteiger partial charge in [-0.25, -0.2) is 9.50 Å². The van der Waals surface area contributed by atoms with E-state index in [1.807, 2.05) is 29.9 Å². The van der Waals surface area contributed by atoms with Gasteiger partial charge in [-0.05, 0) is 50.5 Å². The molecule has 0 unspecified atom stereocenters. The third-order valence-corrected chi connectivity index (χ3v) is 3.50. The van der Waals surface area contributed by atoms with Crippen LogP contribution < -0.4 is 0 Å². The van der Waals surface area contributed by atoms with Gasteiger partial charge < -0.3 is 0 Å². The first-order valence-electron chi connectivity index (χ1n) is 6.46. The van der Waals surface area contributed by atoms with Gasteiger partial charge in [-0.3, -0.25) is 0 Å². The Hall–Kier alpha value is -2.16. The highest BCUT2D eigenvalue weighted by Crippen LogP contribution is 2.33. The van der Waals surface area contributed by atoms with Gasteiger partial charge in [0.1, 0.15) is 0 Å². The summed E-state index contributed by atoms with van der Waals surface area (Å²) in [7, 11) is 0. The van der Waals surface area contributed by atoms with E-state index in [1.165, 1.54) is 22.3 Å². The second kappa shape index (κ2) is 4.19. The van der Waals surface area contributed by atoms with Gasteiger partial charge in [-0.1, -0.05) is 17.7 Å². The number of aryl methyl sites for hydroxylation is 4. The smallest absolute Gasteiger partial charge is 0.163 e. The fourth-order valence-electron chi connectivity index (χ4n) is 2.86. The first-order chi connectivity index (χ1) is 9.08. The molecular formula is C16H17N3. The summed E-state index contributed by atoms with van der Waals surface area (Å²) in [5, 5.41) is 4.55. The third kappa shape index (κ3) is 1.82. The minimum Gasteiger partial charge on any atom is -0.236 e. The molecule has 2 aromatic heterocycles. The Bertz CT molecular complexity index is 746. The van der Waals surface area contributed by atoms with Gasteiger partial charge in [0.2, 0.25) is 0 Å². The van der Waals surface area contributed by atoms with Crippen LogP contribution in [0.25, 0.3) is 16.8 Å². The second-order valence-electron chi connectivity index (χ2n) is 5.12. The first-order valence-corrected chi connectivity index (χ1v) is 6.46. The highest BCUT2D eigenvalue weighted by atomic mass is 15.2. The van der Waals surface area contributed by atoms with Crippen molar-refractivity contribution in [2.75, 3.05) is 0 Å². The van der Waals surface area contributed by atoms with Gasteiger partial charge in [0, 0.05) is 12.4 Å². The predicted octanol–water partition coefficient (Wildman–Crippen LogP) is 3.63. The predicted molar refractivity (Wildman–Crippen MR) is 77.4 cm³/mol. The zero-order chi connectivity index (χ0) is 13.6. The largest absolute Gasteiger partial charge is 0.236 e. The van der Waals surface area contributed by atoms with Crippen LogP contribution in [0, 0.1) is 27.7 Å². The maximum atomic E-state index is 4.55. The van der Waals surface area contributed by atoms with Crippen LogP contribution in [0.15, 0.2) is 30.6 Å². The van der Waals surface area contributed by atoms with E-state index < -0.39 is 0 Å². The van der Waals surface area contributed by atoms with Crippen LogP contribution >= 0.6 is 0 Å². The average molecular weight is 251 g/mol. The zero-order valence-corrected chi connectivity index (χ0v) is 11.7. The molecule has 2 heterocycles. The quantitative estimate of drug-likeness (QED) is 0.661. The Kier molecular flexibility index (Phi) is 2.63. The van der Waals surface area contributed by atoms with Crippen LogP contribution in [0.3, 0.4) is 0 Å². The lowest BCUT2D eigenvalue weighted by Gasteiger charge is -2.10. The van der Waals surface area contributed by atoms with Crippen LogP contribution in [0.5, 0.6) is 0 Å². The molecule has 0 radical (unpaired) electrons. The molecule has 0 atom stereocenters. The Morgan fingerprint density at radius 1 is 0.947 bits per heavy atom. The topological polar surface area (TPSA) is 30.2 Å². The summed E-state index contributed by atoms with van der Waals surface area (Å²) in [5.74, 6) is 0. The SMILES string of the molecule is Cc1cc(C)c(-c2c(C)nn3cccnc23)c(C)c1. The van der Waals surface area contributed by atoms with Crippen molar-refractivity contribution < 1.29 is 0 Å². The molecule has 3 nitrogen and oxygen atoms in total. The molecule has 0 spiro atoms. The summed E-state index contributed by atoms with van der Waals surface area (Å²) in [6.07, 6.45) is 3.76. The van der Waals surface area contributed by atoms with Crippen molar-refractivity contribution in [3.63, 3.8) is 0 Å². The van der Waals surface area contributed by atoms with Crippen LogP contribution in [-0.2, 0) is 0 Å². The zero-order valence-electron chi connectivity index (χ0n) is 11.7.